The lowest BCUT2D eigenvalue weighted by Crippen LogP contribution is -2.29. The lowest BCUT2D eigenvalue weighted by Gasteiger charge is -2.23. The number of ketones is 2. The molecule has 1 saturated heterocycles. The number of phenolic OH excluding ortho intramolecular Hbond substituents is 1. The number of Topliss-reactive ketones (excluding diaryl/α,β-unsaturated/α-hetero) is 2. The largest absolute Gasteiger partial charge is 0.505 e. The molecule has 1 atom stereocenters. The van der Waals surface area contributed by atoms with Gasteiger partial charge in [-0.3, -0.25) is 19.3 Å². The molecule has 1 amide bonds. The second-order valence-corrected chi connectivity index (χ2v) is 10.2. The number of aromatic nitrogens is 3. The first-order valence-corrected chi connectivity index (χ1v) is 13.1. The average Bonchev–Trinajstić information content (AvgIpc) is 3.53. The minimum absolute atomic E-state index is 0.117. The Kier molecular flexibility index (Phi) is 6.47. The number of rotatable bonds is 6. The van der Waals surface area contributed by atoms with Crippen LogP contribution in [0.2, 0.25) is 0 Å². The molecule has 0 aliphatic carbocycles. The number of nitrogens with zero attached hydrogens (tertiary/aromatic N) is 4. The summed E-state index contributed by atoms with van der Waals surface area (Å²) in [7, 11) is 0. The molecule has 200 valence electrons. The number of aromatic hydroxyl groups is 1. The van der Waals surface area contributed by atoms with Gasteiger partial charge in [-0.05, 0) is 57.0 Å². The van der Waals surface area contributed by atoms with Crippen LogP contribution in [-0.2, 0) is 9.59 Å². The number of aliphatic hydroxyl groups is 1. The molecule has 0 radical (unpaired) electrons. The summed E-state index contributed by atoms with van der Waals surface area (Å²) in [6, 6.07) is 7.06. The lowest BCUT2D eigenvalue weighted by molar-refractivity contribution is -0.132. The molecule has 4 heterocycles. The molecular weight excluding hydrogens is 520 g/mol. The molecule has 1 unspecified atom stereocenters. The number of imidazole rings is 1. The summed E-state index contributed by atoms with van der Waals surface area (Å²) < 4.78 is 7.35. The third-order valence-electron chi connectivity index (χ3n) is 6.66. The Morgan fingerprint density at radius 3 is 2.54 bits per heavy atom. The van der Waals surface area contributed by atoms with E-state index in [4.69, 9.17) is 4.74 Å². The van der Waals surface area contributed by atoms with Crippen LogP contribution in [0.5, 0.6) is 11.5 Å². The normalized spacial score (nSPS) is 16.8. The van der Waals surface area contributed by atoms with E-state index in [9.17, 15) is 24.6 Å². The molecule has 2 N–H and O–H groups in total. The van der Waals surface area contributed by atoms with Gasteiger partial charge in [-0.25, -0.2) is 9.97 Å². The standard InChI is InChI=1S/C28H26N4O6S/c1-6-38-19-12-17(9-10-18(19)34)22-20(23(35)21-15(4)31-11-7-8-13(2)26(31)30-21)24(36)27(37)32(22)28-29-14(3)25(39-28)16(5)33/h7-12,22,34-35H,6H2,1-5H3. The number of benzene rings is 1. The third kappa shape index (κ3) is 4.15. The highest BCUT2D eigenvalue weighted by molar-refractivity contribution is 7.18. The Hall–Kier alpha value is -4.51. The maximum Gasteiger partial charge on any atom is 0.301 e. The molecule has 1 aliphatic rings. The summed E-state index contributed by atoms with van der Waals surface area (Å²) in [6.07, 6.45) is 1.80. The molecule has 3 aromatic heterocycles. The number of hydrogen-bond donors (Lipinski definition) is 2. The molecule has 1 aliphatic heterocycles. The summed E-state index contributed by atoms with van der Waals surface area (Å²) in [4.78, 5) is 49.8. The van der Waals surface area contributed by atoms with E-state index in [1.165, 1.54) is 24.0 Å². The van der Waals surface area contributed by atoms with Gasteiger partial charge in [0.1, 0.15) is 11.3 Å². The number of aliphatic hydroxyl groups excluding tert-OH is 1. The van der Waals surface area contributed by atoms with Gasteiger partial charge in [0.25, 0.3) is 5.78 Å². The van der Waals surface area contributed by atoms with E-state index in [-0.39, 0.29) is 40.3 Å². The molecule has 39 heavy (non-hydrogen) atoms. The van der Waals surface area contributed by atoms with Crippen molar-refractivity contribution >= 4 is 45.3 Å². The molecule has 1 fully saturated rings. The number of ether oxygens (including phenoxy) is 1. The van der Waals surface area contributed by atoms with E-state index in [1.54, 1.807) is 37.4 Å². The summed E-state index contributed by atoms with van der Waals surface area (Å²) in [5.41, 5.74) is 2.85. The Morgan fingerprint density at radius 2 is 1.90 bits per heavy atom. The van der Waals surface area contributed by atoms with Gasteiger partial charge >= 0.3 is 5.91 Å². The third-order valence-corrected chi connectivity index (χ3v) is 7.92. The molecule has 11 heteroatoms. The summed E-state index contributed by atoms with van der Waals surface area (Å²) in [5, 5.41) is 22.0. The predicted molar refractivity (Wildman–Crippen MR) is 146 cm³/mol. The van der Waals surface area contributed by atoms with Crippen LogP contribution in [-0.4, -0.2) is 48.7 Å². The highest BCUT2D eigenvalue weighted by Crippen LogP contribution is 2.45. The number of pyridine rings is 1. The highest BCUT2D eigenvalue weighted by atomic mass is 32.1. The zero-order chi connectivity index (χ0) is 28.2. The van der Waals surface area contributed by atoms with Gasteiger partial charge in [0.15, 0.2) is 28.2 Å². The van der Waals surface area contributed by atoms with E-state index >= 15 is 0 Å². The van der Waals surface area contributed by atoms with Crippen LogP contribution in [0.15, 0.2) is 42.1 Å². The average molecular weight is 547 g/mol. The Labute approximate surface area is 227 Å². The van der Waals surface area contributed by atoms with Gasteiger partial charge in [0.05, 0.1) is 34.5 Å². The minimum Gasteiger partial charge on any atom is -0.505 e. The van der Waals surface area contributed by atoms with Gasteiger partial charge in [0.2, 0.25) is 0 Å². The Bertz CT molecular complexity index is 1720. The first-order valence-electron chi connectivity index (χ1n) is 12.2. The topological polar surface area (TPSA) is 134 Å². The number of anilines is 1. The molecule has 4 aromatic rings. The van der Waals surface area contributed by atoms with Crippen molar-refractivity contribution < 1.29 is 29.3 Å². The van der Waals surface area contributed by atoms with E-state index in [1.807, 2.05) is 19.1 Å². The second kappa shape index (κ2) is 9.66. The fourth-order valence-corrected chi connectivity index (χ4v) is 5.79. The van der Waals surface area contributed by atoms with Crippen LogP contribution in [0.3, 0.4) is 0 Å². The fourth-order valence-electron chi connectivity index (χ4n) is 4.80. The zero-order valence-corrected chi connectivity index (χ0v) is 22.8. The van der Waals surface area contributed by atoms with Crippen molar-refractivity contribution in [1.82, 2.24) is 14.4 Å². The van der Waals surface area contributed by atoms with Crippen molar-refractivity contribution in [3.63, 3.8) is 0 Å². The van der Waals surface area contributed by atoms with Crippen LogP contribution in [0, 0.1) is 20.8 Å². The van der Waals surface area contributed by atoms with Gasteiger partial charge < -0.3 is 19.4 Å². The number of amides is 1. The molecule has 10 nitrogen and oxygen atoms in total. The van der Waals surface area contributed by atoms with Crippen LogP contribution < -0.4 is 9.64 Å². The van der Waals surface area contributed by atoms with Gasteiger partial charge in [-0.1, -0.05) is 23.5 Å². The second-order valence-electron chi connectivity index (χ2n) is 9.23. The first kappa shape index (κ1) is 26.1. The minimum atomic E-state index is -1.12. The smallest absolute Gasteiger partial charge is 0.301 e. The predicted octanol–water partition coefficient (Wildman–Crippen LogP) is 4.65. The number of fused-ring (bicyclic) bond motifs is 1. The monoisotopic (exact) mass is 546 g/mol. The van der Waals surface area contributed by atoms with Crippen LogP contribution in [0.25, 0.3) is 11.4 Å². The molecule has 0 spiro atoms. The molecule has 5 rings (SSSR count). The summed E-state index contributed by atoms with van der Waals surface area (Å²) >= 11 is 0.993. The SMILES string of the molecule is CCOc1cc(C2C(=C(O)c3nc4c(C)cccn4c3C)C(=O)C(=O)N2c2nc(C)c(C(C)=O)s2)ccc1O. The lowest BCUT2D eigenvalue weighted by atomic mass is 9.96. The van der Waals surface area contributed by atoms with Crippen molar-refractivity contribution in [1.29, 1.82) is 0 Å². The van der Waals surface area contributed by atoms with Crippen molar-refractivity contribution in [2.24, 2.45) is 0 Å². The molecule has 0 saturated carbocycles. The number of hydrogen-bond acceptors (Lipinski definition) is 9. The van der Waals surface area contributed by atoms with E-state index < -0.39 is 23.5 Å². The Balaban J connectivity index is 1.78. The summed E-state index contributed by atoms with van der Waals surface area (Å²) in [5.74, 6) is -2.45. The Morgan fingerprint density at radius 1 is 1.15 bits per heavy atom. The molecule has 0 bridgehead atoms. The fraction of sp³-hybridized carbons (Fsp3) is 0.250. The summed E-state index contributed by atoms with van der Waals surface area (Å²) in [6.45, 7) is 8.72. The molecular formula is C28H26N4O6S. The highest BCUT2D eigenvalue weighted by Gasteiger charge is 2.49. The maximum atomic E-state index is 13.6. The van der Waals surface area contributed by atoms with Crippen molar-refractivity contribution in [2.45, 2.75) is 40.7 Å². The van der Waals surface area contributed by atoms with Crippen LogP contribution in [0.4, 0.5) is 5.13 Å². The first-order chi connectivity index (χ1) is 18.5. The van der Waals surface area contributed by atoms with Crippen molar-refractivity contribution in [3.8, 4) is 11.5 Å². The van der Waals surface area contributed by atoms with E-state index in [0.29, 0.717) is 27.5 Å². The van der Waals surface area contributed by atoms with Crippen LogP contribution >= 0.6 is 11.3 Å². The van der Waals surface area contributed by atoms with Crippen molar-refractivity contribution in [3.05, 3.63) is 75.2 Å². The van der Waals surface area contributed by atoms with Crippen molar-refractivity contribution in [2.75, 3.05) is 11.5 Å². The number of aryl methyl sites for hydroxylation is 3. The van der Waals surface area contributed by atoms with Gasteiger partial charge in [0, 0.05) is 13.1 Å². The van der Waals surface area contributed by atoms with E-state index in [0.717, 1.165) is 16.9 Å². The van der Waals surface area contributed by atoms with Crippen LogP contribution in [0.1, 0.15) is 57.8 Å². The number of thiazole rings is 1. The molecule has 1 aromatic carbocycles. The van der Waals surface area contributed by atoms with E-state index in [2.05, 4.69) is 9.97 Å². The van der Waals surface area contributed by atoms with Gasteiger partial charge in [-0.2, -0.15) is 0 Å². The maximum absolute atomic E-state index is 13.6. The number of carbonyl (C=O) groups excluding carboxylic acids is 3. The van der Waals surface area contributed by atoms with Gasteiger partial charge in [-0.15, -0.1) is 0 Å². The number of carbonyl (C=O) groups is 3. The number of phenols is 1. The zero-order valence-electron chi connectivity index (χ0n) is 22.0. The quantitative estimate of drug-likeness (QED) is 0.154.